The highest BCUT2D eigenvalue weighted by Gasteiger charge is 2.07. The Kier molecular flexibility index (Phi) is 11.1. The van der Waals surface area contributed by atoms with Crippen molar-refractivity contribution in [1.82, 2.24) is 4.90 Å². The number of nitrogens with zero attached hydrogens (tertiary/aromatic N) is 1. The number of amides is 2. The molecule has 0 bridgehead atoms. The molecule has 6 nitrogen and oxygen atoms in total. The molecular formula is C26H37N3O3. The summed E-state index contributed by atoms with van der Waals surface area (Å²) in [5, 5.41) is 6.06. The molecule has 2 N–H and O–H groups in total. The lowest BCUT2D eigenvalue weighted by Gasteiger charge is -2.12. The van der Waals surface area contributed by atoms with Crippen molar-refractivity contribution in [2.24, 2.45) is 0 Å². The van der Waals surface area contributed by atoms with Crippen LogP contribution in [0.3, 0.4) is 0 Å². The van der Waals surface area contributed by atoms with Crippen molar-refractivity contribution in [1.29, 1.82) is 0 Å². The van der Waals surface area contributed by atoms with Crippen LogP contribution in [-0.2, 0) is 16.0 Å². The summed E-state index contributed by atoms with van der Waals surface area (Å²) in [6.45, 7) is 3.08. The predicted octanol–water partition coefficient (Wildman–Crippen LogP) is 5.11. The molecule has 6 heteroatoms. The van der Waals surface area contributed by atoms with Crippen LogP contribution in [0.15, 0.2) is 48.5 Å². The Morgan fingerprint density at radius 3 is 2.47 bits per heavy atom. The molecule has 174 valence electrons. The molecule has 2 rings (SSSR count). The molecule has 32 heavy (non-hydrogen) atoms. The molecule has 2 aromatic carbocycles. The number of aryl methyl sites for hydroxylation is 1. The van der Waals surface area contributed by atoms with Crippen LogP contribution in [0.25, 0.3) is 0 Å². The van der Waals surface area contributed by atoms with Crippen LogP contribution in [-0.4, -0.2) is 44.0 Å². The van der Waals surface area contributed by atoms with E-state index in [-0.39, 0.29) is 18.4 Å². The second-order valence-corrected chi connectivity index (χ2v) is 8.18. The third kappa shape index (κ3) is 9.86. The highest BCUT2D eigenvalue weighted by Crippen LogP contribution is 2.18. The van der Waals surface area contributed by atoms with Crippen LogP contribution >= 0.6 is 0 Å². The van der Waals surface area contributed by atoms with Crippen LogP contribution in [0, 0.1) is 0 Å². The first-order valence-electron chi connectivity index (χ1n) is 11.5. The summed E-state index contributed by atoms with van der Waals surface area (Å²) >= 11 is 0. The smallest absolute Gasteiger partial charge is 0.243 e. The highest BCUT2D eigenvalue weighted by molar-refractivity contribution is 5.93. The van der Waals surface area contributed by atoms with Crippen LogP contribution in [0.4, 0.5) is 11.4 Å². The van der Waals surface area contributed by atoms with E-state index in [9.17, 15) is 9.59 Å². The van der Waals surface area contributed by atoms with Crippen LogP contribution in [0.2, 0.25) is 0 Å². The SMILES string of the molecule is CCCCCCCOc1cccc(NCC(=O)Nc2cccc(CCC(=O)N(C)C)c2)c1. The Balaban J connectivity index is 1.76. The van der Waals surface area contributed by atoms with E-state index < -0.39 is 0 Å². The molecule has 0 saturated heterocycles. The van der Waals surface area contributed by atoms with Crippen LogP contribution < -0.4 is 15.4 Å². The average Bonchev–Trinajstić information content (AvgIpc) is 2.79. The minimum Gasteiger partial charge on any atom is -0.494 e. The summed E-state index contributed by atoms with van der Waals surface area (Å²) < 4.78 is 5.83. The van der Waals surface area contributed by atoms with E-state index in [1.165, 1.54) is 25.7 Å². The molecule has 2 amide bonds. The average molecular weight is 440 g/mol. The van der Waals surface area contributed by atoms with Gasteiger partial charge in [0.2, 0.25) is 11.8 Å². The quantitative estimate of drug-likeness (QED) is 0.402. The van der Waals surface area contributed by atoms with E-state index in [1.807, 2.05) is 48.5 Å². The molecule has 0 aliphatic carbocycles. The monoisotopic (exact) mass is 439 g/mol. The van der Waals surface area contributed by atoms with Gasteiger partial charge in [0.1, 0.15) is 5.75 Å². The zero-order valence-corrected chi connectivity index (χ0v) is 19.7. The van der Waals surface area contributed by atoms with Gasteiger partial charge in [0.05, 0.1) is 13.2 Å². The number of unbranched alkanes of at least 4 members (excludes halogenated alkanes) is 4. The van der Waals surface area contributed by atoms with E-state index in [1.54, 1.807) is 19.0 Å². The van der Waals surface area contributed by atoms with E-state index in [0.717, 1.165) is 29.1 Å². The molecule has 0 aliphatic heterocycles. The maximum absolute atomic E-state index is 12.4. The summed E-state index contributed by atoms with van der Waals surface area (Å²) in [5.41, 5.74) is 2.59. The minimum absolute atomic E-state index is 0.0892. The van der Waals surface area contributed by atoms with Crippen LogP contribution in [0.5, 0.6) is 5.75 Å². The second kappa shape index (κ2) is 14.1. The number of ether oxygens (including phenoxy) is 1. The van der Waals surface area contributed by atoms with Gasteiger partial charge in [0, 0.05) is 38.0 Å². The van der Waals surface area contributed by atoms with Crippen molar-refractivity contribution in [2.75, 3.05) is 37.9 Å². The van der Waals surface area contributed by atoms with Gasteiger partial charge in [0.15, 0.2) is 0 Å². The number of rotatable bonds is 14. The van der Waals surface area contributed by atoms with Crippen molar-refractivity contribution in [3.63, 3.8) is 0 Å². The molecular weight excluding hydrogens is 402 g/mol. The Morgan fingerprint density at radius 2 is 1.69 bits per heavy atom. The van der Waals surface area contributed by atoms with Gasteiger partial charge in [-0.3, -0.25) is 9.59 Å². The lowest BCUT2D eigenvalue weighted by atomic mass is 10.1. The minimum atomic E-state index is -0.131. The molecule has 0 aromatic heterocycles. The molecule has 0 unspecified atom stereocenters. The van der Waals surface area contributed by atoms with Gasteiger partial charge in [-0.25, -0.2) is 0 Å². The molecule has 0 radical (unpaired) electrons. The number of carbonyl (C=O) groups excluding carboxylic acids is 2. The number of hydrogen-bond donors (Lipinski definition) is 2. The molecule has 0 heterocycles. The van der Waals surface area contributed by atoms with Gasteiger partial charge in [-0.05, 0) is 42.7 Å². The zero-order valence-electron chi connectivity index (χ0n) is 19.7. The third-order valence-corrected chi connectivity index (χ3v) is 5.14. The van der Waals surface area contributed by atoms with Gasteiger partial charge in [0.25, 0.3) is 0 Å². The highest BCUT2D eigenvalue weighted by atomic mass is 16.5. The first-order valence-corrected chi connectivity index (χ1v) is 11.5. The van der Waals surface area contributed by atoms with Crippen molar-refractivity contribution in [3.05, 3.63) is 54.1 Å². The second-order valence-electron chi connectivity index (χ2n) is 8.18. The van der Waals surface area contributed by atoms with Crippen molar-refractivity contribution in [3.8, 4) is 5.75 Å². The Labute approximate surface area is 192 Å². The molecule has 0 atom stereocenters. The fourth-order valence-electron chi connectivity index (χ4n) is 3.26. The standard InChI is InChI=1S/C26H37N3O3/c1-4-5-6-7-8-17-32-24-14-10-12-22(19-24)27-20-25(30)28-23-13-9-11-21(18-23)15-16-26(31)29(2)3/h9-14,18-19,27H,4-8,15-17,20H2,1-3H3,(H,28,30). The molecule has 0 saturated carbocycles. The summed E-state index contributed by atoms with van der Waals surface area (Å²) in [6, 6.07) is 15.3. The Morgan fingerprint density at radius 1 is 0.938 bits per heavy atom. The number of carbonyl (C=O) groups is 2. The van der Waals surface area contributed by atoms with E-state index in [2.05, 4.69) is 17.6 Å². The van der Waals surface area contributed by atoms with Crippen LogP contribution in [0.1, 0.15) is 51.0 Å². The van der Waals surface area contributed by atoms with E-state index in [4.69, 9.17) is 4.74 Å². The van der Waals surface area contributed by atoms with E-state index in [0.29, 0.717) is 19.4 Å². The summed E-state index contributed by atoms with van der Waals surface area (Å²) in [7, 11) is 3.50. The van der Waals surface area contributed by atoms with Crippen molar-refractivity contribution >= 4 is 23.2 Å². The lowest BCUT2D eigenvalue weighted by Crippen LogP contribution is -2.22. The largest absolute Gasteiger partial charge is 0.494 e. The number of hydrogen-bond acceptors (Lipinski definition) is 4. The van der Waals surface area contributed by atoms with Gasteiger partial charge < -0.3 is 20.3 Å². The number of anilines is 2. The van der Waals surface area contributed by atoms with Gasteiger partial charge in [-0.2, -0.15) is 0 Å². The van der Waals surface area contributed by atoms with Crippen molar-refractivity contribution in [2.45, 2.75) is 51.9 Å². The molecule has 0 aliphatic rings. The van der Waals surface area contributed by atoms with Gasteiger partial charge in [-0.1, -0.05) is 50.8 Å². The topological polar surface area (TPSA) is 70.7 Å². The first kappa shape index (κ1) is 25.2. The number of nitrogens with one attached hydrogen (secondary N) is 2. The van der Waals surface area contributed by atoms with Crippen molar-refractivity contribution < 1.29 is 14.3 Å². The van der Waals surface area contributed by atoms with Gasteiger partial charge in [-0.15, -0.1) is 0 Å². The van der Waals surface area contributed by atoms with Gasteiger partial charge >= 0.3 is 0 Å². The van der Waals surface area contributed by atoms with E-state index >= 15 is 0 Å². The fourth-order valence-corrected chi connectivity index (χ4v) is 3.26. The molecule has 2 aromatic rings. The fraction of sp³-hybridized carbons (Fsp3) is 0.462. The molecule has 0 spiro atoms. The maximum atomic E-state index is 12.4. The predicted molar refractivity (Wildman–Crippen MR) is 131 cm³/mol. The third-order valence-electron chi connectivity index (χ3n) is 5.14. The Bertz CT molecular complexity index is 852. The normalized spacial score (nSPS) is 10.5. The summed E-state index contributed by atoms with van der Waals surface area (Å²) in [4.78, 5) is 25.7. The summed E-state index contributed by atoms with van der Waals surface area (Å²) in [6.07, 6.45) is 7.12. The maximum Gasteiger partial charge on any atom is 0.243 e. The Hall–Kier alpha value is -3.02. The zero-order chi connectivity index (χ0) is 23.2. The number of benzene rings is 2. The molecule has 0 fully saturated rings. The lowest BCUT2D eigenvalue weighted by molar-refractivity contribution is -0.128. The summed E-state index contributed by atoms with van der Waals surface area (Å²) in [5.74, 6) is 0.769. The first-order chi connectivity index (χ1) is 15.5.